The van der Waals surface area contributed by atoms with Crippen molar-refractivity contribution in [3.05, 3.63) is 60.1 Å². The number of rotatable bonds is 3. The van der Waals surface area contributed by atoms with Crippen molar-refractivity contribution in [2.24, 2.45) is 5.41 Å². The van der Waals surface area contributed by atoms with Crippen molar-refractivity contribution in [2.45, 2.75) is 20.8 Å². The van der Waals surface area contributed by atoms with Gasteiger partial charge in [-0.15, -0.1) is 0 Å². The predicted molar refractivity (Wildman–Crippen MR) is 96.7 cm³/mol. The lowest BCUT2D eigenvalue weighted by Gasteiger charge is -2.18. The largest absolute Gasteiger partial charge is 0.350 e. The number of halogens is 2. The highest BCUT2D eigenvalue weighted by atomic mass is 19.1. The molecule has 0 saturated carbocycles. The maximum Gasteiger partial charge on any atom is 0.269 e. The average Bonchev–Trinajstić information content (AvgIpc) is 2.60. The molecule has 0 aliphatic rings. The third kappa shape index (κ3) is 3.85. The summed E-state index contributed by atoms with van der Waals surface area (Å²) in [5.74, 6) is -1.45. The average molecular weight is 355 g/mol. The van der Waals surface area contributed by atoms with Gasteiger partial charge >= 0.3 is 0 Å². The van der Waals surface area contributed by atoms with Crippen molar-refractivity contribution in [1.29, 1.82) is 0 Å². The van der Waals surface area contributed by atoms with Gasteiger partial charge in [0.2, 0.25) is 0 Å². The molecule has 0 unspecified atom stereocenters. The molecule has 3 aromatic rings. The van der Waals surface area contributed by atoms with Gasteiger partial charge in [0.05, 0.1) is 5.52 Å². The van der Waals surface area contributed by atoms with Crippen LogP contribution in [0, 0.1) is 17.0 Å². The van der Waals surface area contributed by atoms with Gasteiger partial charge in [0.1, 0.15) is 17.3 Å². The third-order valence-electron chi connectivity index (χ3n) is 3.83. The monoisotopic (exact) mass is 355 g/mol. The molecule has 134 valence electrons. The molecule has 2 aromatic heterocycles. The SMILES string of the molecule is CC(C)(C)CNC(=O)c1ccc2cncc(-c3cc(F)ccc3F)c2n1. The van der Waals surface area contributed by atoms with Crippen LogP contribution in [0.15, 0.2) is 42.7 Å². The van der Waals surface area contributed by atoms with Gasteiger partial charge in [-0.1, -0.05) is 20.8 Å². The Bertz CT molecular complexity index is 980. The van der Waals surface area contributed by atoms with Gasteiger partial charge in [-0.3, -0.25) is 9.78 Å². The normalized spacial score (nSPS) is 11.6. The maximum atomic E-state index is 14.2. The van der Waals surface area contributed by atoms with Crippen LogP contribution in [0.3, 0.4) is 0 Å². The first-order valence-electron chi connectivity index (χ1n) is 8.23. The molecule has 1 aromatic carbocycles. The number of fused-ring (bicyclic) bond motifs is 1. The molecule has 6 heteroatoms. The number of amides is 1. The highest BCUT2D eigenvalue weighted by molar-refractivity contribution is 5.98. The standard InChI is InChI=1S/C20H19F2N3O/c1-20(2,3)11-24-19(26)17-7-4-12-9-23-10-15(18(12)25-17)14-8-13(21)5-6-16(14)22/h4-10H,11H2,1-3H3,(H,24,26). The molecule has 0 bridgehead atoms. The fourth-order valence-electron chi connectivity index (χ4n) is 2.51. The minimum Gasteiger partial charge on any atom is -0.350 e. The number of hydrogen-bond donors (Lipinski definition) is 1. The van der Waals surface area contributed by atoms with Gasteiger partial charge in [0.15, 0.2) is 0 Å². The Labute approximate surface area is 150 Å². The lowest BCUT2D eigenvalue weighted by atomic mass is 9.97. The number of nitrogens with zero attached hydrogens (tertiary/aromatic N) is 2. The van der Waals surface area contributed by atoms with Crippen LogP contribution in [0.5, 0.6) is 0 Å². The van der Waals surface area contributed by atoms with Crippen LogP contribution in [-0.2, 0) is 0 Å². The second kappa shape index (κ2) is 6.78. The first kappa shape index (κ1) is 17.9. The van der Waals surface area contributed by atoms with E-state index in [-0.39, 0.29) is 22.6 Å². The number of pyridine rings is 2. The van der Waals surface area contributed by atoms with Gasteiger partial charge in [-0.05, 0) is 35.7 Å². The summed E-state index contributed by atoms with van der Waals surface area (Å²) in [6.45, 7) is 6.53. The molecule has 0 saturated heterocycles. The van der Waals surface area contributed by atoms with E-state index in [4.69, 9.17) is 0 Å². The van der Waals surface area contributed by atoms with E-state index in [1.54, 1.807) is 18.3 Å². The molecule has 0 radical (unpaired) electrons. The lowest BCUT2D eigenvalue weighted by Crippen LogP contribution is -2.32. The second-order valence-corrected chi connectivity index (χ2v) is 7.32. The molecular formula is C20H19F2N3O. The molecule has 0 fully saturated rings. The second-order valence-electron chi connectivity index (χ2n) is 7.32. The van der Waals surface area contributed by atoms with Gasteiger partial charge in [0, 0.05) is 35.5 Å². The fourth-order valence-corrected chi connectivity index (χ4v) is 2.51. The van der Waals surface area contributed by atoms with Crippen molar-refractivity contribution < 1.29 is 13.6 Å². The van der Waals surface area contributed by atoms with Crippen molar-refractivity contribution in [1.82, 2.24) is 15.3 Å². The van der Waals surface area contributed by atoms with Gasteiger partial charge in [-0.25, -0.2) is 13.8 Å². The van der Waals surface area contributed by atoms with Crippen LogP contribution in [0.1, 0.15) is 31.3 Å². The zero-order valence-corrected chi connectivity index (χ0v) is 14.8. The quantitative estimate of drug-likeness (QED) is 0.760. The Balaban J connectivity index is 2.06. The summed E-state index contributed by atoms with van der Waals surface area (Å²) in [7, 11) is 0. The summed E-state index contributed by atoms with van der Waals surface area (Å²) in [5, 5.41) is 3.47. The van der Waals surface area contributed by atoms with E-state index in [9.17, 15) is 13.6 Å². The van der Waals surface area contributed by atoms with E-state index in [0.29, 0.717) is 23.0 Å². The fraction of sp³-hybridized carbons (Fsp3) is 0.250. The molecule has 2 heterocycles. The van der Waals surface area contributed by atoms with Crippen molar-refractivity contribution in [2.75, 3.05) is 6.54 Å². The Morgan fingerprint density at radius 2 is 1.85 bits per heavy atom. The molecule has 0 atom stereocenters. The molecule has 4 nitrogen and oxygen atoms in total. The van der Waals surface area contributed by atoms with E-state index in [1.165, 1.54) is 6.20 Å². The van der Waals surface area contributed by atoms with Crippen molar-refractivity contribution in [3.63, 3.8) is 0 Å². The topological polar surface area (TPSA) is 54.9 Å². The minimum atomic E-state index is -0.579. The molecule has 1 amide bonds. The Morgan fingerprint density at radius 1 is 1.08 bits per heavy atom. The molecule has 0 aliphatic carbocycles. The van der Waals surface area contributed by atoms with Crippen LogP contribution in [0.2, 0.25) is 0 Å². The molecule has 0 aliphatic heterocycles. The van der Waals surface area contributed by atoms with Crippen molar-refractivity contribution >= 4 is 16.8 Å². The van der Waals surface area contributed by atoms with Crippen LogP contribution < -0.4 is 5.32 Å². The van der Waals surface area contributed by atoms with Crippen LogP contribution >= 0.6 is 0 Å². The molecule has 1 N–H and O–H groups in total. The van der Waals surface area contributed by atoms with E-state index < -0.39 is 11.6 Å². The lowest BCUT2D eigenvalue weighted by molar-refractivity contribution is 0.0934. The van der Waals surface area contributed by atoms with E-state index >= 15 is 0 Å². The summed E-state index contributed by atoms with van der Waals surface area (Å²) < 4.78 is 27.8. The predicted octanol–water partition coefficient (Wildman–Crippen LogP) is 4.35. The number of aromatic nitrogens is 2. The van der Waals surface area contributed by atoms with Gasteiger partial charge < -0.3 is 5.32 Å². The zero-order valence-electron chi connectivity index (χ0n) is 14.8. The number of benzene rings is 1. The Morgan fingerprint density at radius 3 is 2.58 bits per heavy atom. The molecule has 3 rings (SSSR count). The zero-order chi connectivity index (χ0) is 18.9. The number of carbonyl (C=O) groups is 1. The number of carbonyl (C=O) groups excluding carboxylic acids is 1. The summed E-state index contributed by atoms with van der Waals surface area (Å²) >= 11 is 0. The summed E-state index contributed by atoms with van der Waals surface area (Å²) in [6.07, 6.45) is 2.99. The molecular weight excluding hydrogens is 336 g/mol. The Kier molecular flexibility index (Phi) is 4.68. The highest BCUT2D eigenvalue weighted by Gasteiger charge is 2.16. The van der Waals surface area contributed by atoms with Gasteiger partial charge in [0.25, 0.3) is 5.91 Å². The van der Waals surface area contributed by atoms with Crippen LogP contribution in [0.25, 0.3) is 22.0 Å². The van der Waals surface area contributed by atoms with Crippen LogP contribution in [0.4, 0.5) is 8.78 Å². The minimum absolute atomic E-state index is 0.0582. The first-order valence-corrected chi connectivity index (χ1v) is 8.23. The van der Waals surface area contributed by atoms with Crippen LogP contribution in [-0.4, -0.2) is 22.4 Å². The molecule has 0 spiro atoms. The highest BCUT2D eigenvalue weighted by Crippen LogP contribution is 2.29. The number of hydrogen-bond acceptors (Lipinski definition) is 3. The summed E-state index contributed by atoms with van der Waals surface area (Å²) in [5.41, 5.74) is 0.943. The summed E-state index contributed by atoms with van der Waals surface area (Å²) in [4.78, 5) is 20.8. The summed E-state index contributed by atoms with van der Waals surface area (Å²) in [6, 6.07) is 6.50. The van der Waals surface area contributed by atoms with E-state index in [0.717, 1.165) is 18.2 Å². The van der Waals surface area contributed by atoms with Gasteiger partial charge in [-0.2, -0.15) is 0 Å². The van der Waals surface area contributed by atoms with E-state index in [2.05, 4.69) is 15.3 Å². The third-order valence-corrected chi connectivity index (χ3v) is 3.83. The smallest absolute Gasteiger partial charge is 0.269 e. The van der Waals surface area contributed by atoms with Crippen molar-refractivity contribution in [3.8, 4) is 11.1 Å². The first-order chi connectivity index (χ1) is 12.2. The molecule has 26 heavy (non-hydrogen) atoms. The number of nitrogens with one attached hydrogen (secondary N) is 1. The Hall–Kier alpha value is -2.89. The maximum absolute atomic E-state index is 14.2. The van der Waals surface area contributed by atoms with E-state index in [1.807, 2.05) is 20.8 Å².